The molecule has 0 aliphatic heterocycles. The van der Waals surface area contributed by atoms with E-state index in [1.54, 1.807) is 0 Å². The molecule has 0 rings (SSSR count). The fraction of sp³-hybridized carbons (Fsp3) is 1.00. The minimum Gasteiger partial charge on any atom is -0.756 e. The third-order valence-electron chi connectivity index (χ3n) is 0.447. The second kappa shape index (κ2) is 5.91. The minimum absolute atomic E-state index is 0. The molecule has 0 aliphatic carbocycles. The van der Waals surface area contributed by atoms with E-state index >= 15 is 0 Å². The fourth-order valence-corrected chi connectivity index (χ4v) is 0.224. The number of phosphoric ester groups is 1. The zero-order chi connectivity index (χ0) is 5.91. The molecule has 0 amide bonds. The van der Waals surface area contributed by atoms with Crippen LogP contribution in [0.15, 0.2) is 0 Å². The van der Waals surface area contributed by atoms with E-state index in [1.165, 1.54) is 0 Å². The first-order valence-electron chi connectivity index (χ1n) is 1.55. The molecule has 0 aromatic rings. The second-order valence-electron chi connectivity index (χ2n) is 0.812. The van der Waals surface area contributed by atoms with Gasteiger partial charge in [-0.15, -0.1) is 0 Å². The van der Waals surface area contributed by atoms with Gasteiger partial charge >= 0.3 is 68.9 Å². The van der Waals surface area contributed by atoms with Crippen LogP contribution in [0, 0.1) is 0 Å². The average Bonchev–Trinajstić information content (AvgIpc) is 1.68. The molecular formula is C2H6CsO4P. The van der Waals surface area contributed by atoms with E-state index < -0.39 is 7.82 Å². The van der Waals surface area contributed by atoms with E-state index in [1.807, 2.05) is 0 Å². The molecule has 44 valence electrons. The van der Waals surface area contributed by atoms with Crippen molar-refractivity contribution in [1.82, 2.24) is 0 Å². The SMILES string of the molecule is COP(=O)([O-])OC.[Cs+]. The molecule has 0 heterocycles. The first kappa shape index (κ1) is 12.8. The van der Waals surface area contributed by atoms with E-state index in [-0.39, 0.29) is 68.9 Å². The molecule has 0 saturated heterocycles. The van der Waals surface area contributed by atoms with Gasteiger partial charge < -0.3 is 13.9 Å². The van der Waals surface area contributed by atoms with Crippen molar-refractivity contribution in [3.05, 3.63) is 0 Å². The molecule has 0 aromatic heterocycles. The van der Waals surface area contributed by atoms with Crippen molar-refractivity contribution in [2.75, 3.05) is 14.2 Å². The van der Waals surface area contributed by atoms with Crippen molar-refractivity contribution in [3.8, 4) is 0 Å². The Labute approximate surface area is 107 Å². The maximum atomic E-state index is 9.95. The molecule has 8 heavy (non-hydrogen) atoms. The molecular weight excluding hydrogens is 252 g/mol. The molecule has 0 aliphatic rings. The van der Waals surface area contributed by atoms with Gasteiger partial charge in [-0.25, -0.2) is 0 Å². The van der Waals surface area contributed by atoms with Crippen LogP contribution in [0.2, 0.25) is 0 Å². The van der Waals surface area contributed by atoms with Crippen LogP contribution in [-0.4, -0.2) is 14.2 Å². The van der Waals surface area contributed by atoms with Crippen molar-refractivity contribution in [2.45, 2.75) is 0 Å². The molecule has 0 fully saturated rings. The summed E-state index contributed by atoms with van der Waals surface area (Å²) in [5.41, 5.74) is 0. The first-order valence-corrected chi connectivity index (χ1v) is 3.01. The van der Waals surface area contributed by atoms with Crippen molar-refractivity contribution < 1.29 is 87.4 Å². The summed E-state index contributed by atoms with van der Waals surface area (Å²) in [6.07, 6.45) is 0. The zero-order valence-corrected chi connectivity index (χ0v) is 12.3. The summed E-state index contributed by atoms with van der Waals surface area (Å²) in [7, 11) is -1.83. The van der Waals surface area contributed by atoms with Crippen molar-refractivity contribution in [2.24, 2.45) is 0 Å². The van der Waals surface area contributed by atoms with Gasteiger partial charge in [-0.05, 0) is 0 Å². The molecule has 0 spiro atoms. The summed E-state index contributed by atoms with van der Waals surface area (Å²) in [6.45, 7) is 0. The van der Waals surface area contributed by atoms with Crippen molar-refractivity contribution in [1.29, 1.82) is 0 Å². The Morgan fingerprint density at radius 1 is 1.38 bits per heavy atom. The van der Waals surface area contributed by atoms with Crippen LogP contribution in [0.1, 0.15) is 0 Å². The maximum Gasteiger partial charge on any atom is 1.00 e. The monoisotopic (exact) mass is 258 g/mol. The molecule has 0 atom stereocenters. The summed E-state index contributed by atoms with van der Waals surface area (Å²) in [5, 5.41) is 0. The largest absolute Gasteiger partial charge is 1.00 e. The van der Waals surface area contributed by atoms with E-state index in [2.05, 4.69) is 9.05 Å². The molecule has 0 bridgehead atoms. The van der Waals surface area contributed by atoms with E-state index in [9.17, 15) is 9.46 Å². The van der Waals surface area contributed by atoms with Crippen LogP contribution in [0.3, 0.4) is 0 Å². The Hall–Kier alpha value is 2.16. The first-order chi connectivity index (χ1) is 3.12. The average molecular weight is 258 g/mol. The molecule has 0 aromatic carbocycles. The number of hydrogen-bond acceptors (Lipinski definition) is 4. The van der Waals surface area contributed by atoms with Gasteiger partial charge in [0.1, 0.15) is 0 Å². The Morgan fingerprint density at radius 3 is 1.62 bits per heavy atom. The standard InChI is InChI=1S/C2H7O4P.Cs/c1-5-7(3,4)6-2;/h1-2H3,(H,3,4);/q;+1/p-1. The fourth-order valence-electron chi connectivity index (χ4n) is 0.0745. The van der Waals surface area contributed by atoms with Gasteiger partial charge in [0.2, 0.25) is 0 Å². The minimum atomic E-state index is -3.90. The normalized spacial score (nSPS) is 10.4. The molecule has 4 nitrogen and oxygen atoms in total. The van der Waals surface area contributed by atoms with E-state index in [4.69, 9.17) is 0 Å². The molecule has 6 heteroatoms. The number of phosphoric acid groups is 1. The van der Waals surface area contributed by atoms with Crippen LogP contribution in [0.4, 0.5) is 0 Å². The van der Waals surface area contributed by atoms with E-state index in [0.29, 0.717) is 0 Å². The number of rotatable bonds is 2. The zero-order valence-electron chi connectivity index (χ0n) is 5.08. The maximum absolute atomic E-state index is 9.95. The predicted octanol–water partition coefficient (Wildman–Crippen LogP) is -3.25. The van der Waals surface area contributed by atoms with Gasteiger partial charge in [0.05, 0.1) is 0 Å². The Kier molecular flexibility index (Phi) is 9.46. The van der Waals surface area contributed by atoms with Gasteiger partial charge in [-0.1, -0.05) is 0 Å². The van der Waals surface area contributed by atoms with Crippen LogP contribution in [0.25, 0.3) is 0 Å². The van der Waals surface area contributed by atoms with Gasteiger partial charge in [-0.3, -0.25) is 4.57 Å². The summed E-state index contributed by atoms with van der Waals surface area (Å²) in [6, 6.07) is 0. The number of hydrogen-bond donors (Lipinski definition) is 0. The molecule has 0 unspecified atom stereocenters. The Morgan fingerprint density at radius 2 is 1.62 bits per heavy atom. The Balaban J connectivity index is 0. The van der Waals surface area contributed by atoms with Gasteiger partial charge in [-0.2, -0.15) is 0 Å². The summed E-state index contributed by atoms with van der Waals surface area (Å²) in [4.78, 5) is 9.95. The van der Waals surface area contributed by atoms with Crippen LogP contribution >= 0.6 is 7.82 Å². The van der Waals surface area contributed by atoms with Crippen LogP contribution < -0.4 is 73.8 Å². The Bertz CT molecular complexity index is 86.0. The van der Waals surface area contributed by atoms with Crippen molar-refractivity contribution in [3.63, 3.8) is 0 Å². The predicted molar refractivity (Wildman–Crippen MR) is 21.6 cm³/mol. The third-order valence-corrected chi connectivity index (χ3v) is 1.34. The smallest absolute Gasteiger partial charge is 0.756 e. The molecule has 0 saturated carbocycles. The quantitative estimate of drug-likeness (QED) is 0.488. The van der Waals surface area contributed by atoms with Crippen LogP contribution in [0.5, 0.6) is 0 Å². The van der Waals surface area contributed by atoms with Crippen molar-refractivity contribution >= 4 is 7.82 Å². The van der Waals surface area contributed by atoms with E-state index in [0.717, 1.165) is 14.2 Å². The second-order valence-corrected chi connectivity index (χ2v) is 2.44. The van der Waals surface area contributed by atoms with Gasteiger partial charge in [0.15, 0.2) is 0 Å². The topological polar surface area (TPSA) is 58.6 Å². The summed E-state index contributed by atoms with van der Waals surface area (Å²) < 4.78 is 17.7. The van der Waals surface area contributed by atoms with Gasteiger partial charge in [0.25, 0.3) is 7.82 Å². The molecule has 0 N–H and O–H groups in total. The molecule has 0 radical (unpaired) electrons. The summed E-state index contributed by atoms with van der Waals surface area (Å²) in [5.74, 6) is 0. The summed E-state index contributed by atoms with van der Waals surface area (Å²) >= 11 is 0. The van der Waals surface area contributed by atoms with Crippen LogP contribution in [-0.2, 0) is 13.6 Å². The third kappa shape index (κ3) is 6.28. The van der Waals surface area contributed by atoms with Gasteiger partial charge in [0, 0.05) is 14.2 Å².